The first-order valence-corrected chi connectivity index (χ1v) is 14.0. The van der Waals surface area contributed by atoms with Crippen LogP contribution in [0.2, 0.25) is 0 Å². The molecule has 3 amide bonds. The molecule has 0 radical (unpaired) electrons. The molecule has 0 unspecified atom stereocenters. The summed E-state index contributed by atoms with van der Waals surface area (Å²) in [4.78, 5) is 41.3. The third-order valence-corrected chi connectivity index (χ3v) is 7.42. The zero-order chi connectivity index (χ0) is 31.1. The van der Waals surface area contributed by atoms with E-state index in [9.17, 15) is 19.5 Å². The number of benzene rings is 3. The van der Waals surface area contributed by atoms with Crippen molar-refractivity contribution in [1.29, 1.82) is 0 Å². The third-order valence-electron chi connectivity index (χ3n) is 7.42. The lowest BCUT2D eigenvalue weighted by Gasteiger charge is -2.38. The van der Waals surface area contributed by atoms with Crippen LogP contribution in [-0.4, -0.2) is 83.9 Å². The Morgan fingerprint density at radius 2 is 1.72 bits per heavy atom. The van der Waals surface area contributed by atoms with Crippen molar-refractivity contribution >= 4 is 29.3 Å². The van der Waals surface area contributed by atoms with Crippen molar-refractivity contribution in [2.45, 2.75) is 32.5 Å². The molecule has 3 atom stereocenters. The van der Waals surface area contributed by atoms with Crippen LogP contribution >= 0.6 is 0 Å². The number of ether oxygens (including phenoxy) is 2. The van der Waals surface area contributed by atoms with Gasteiger partial charge >= 0.3 is 12.0 Å². The van der Waals surface area contributed by atoms with Crippen molar-refractivity contribution in [1.82, 2.24) is 9.80 Å². The van der Waals surface area contributed by atoms with E-state index in [0.29, 0.717) is 42.5 Å². The van der Waals surface area contributed by atoms with E-state index in [0.717, 1.165) is 5.56 Å². The van der Waals surface area contributed by atoms with Crippen LogP contribution in [0.4, 0.5) is 16.2 Å². The van der Waals surface area contributed by atoms with E-state index in [1.807, 2.05) is 14.0 Å². The molecule has 1 aliphatic rings. The molecule has 0 aliphatic carbocycles. The van der Waals surface area contributed by atoms with Crippen LogP contribution in [-0.2, 0) is 6.54 Å². The summed E-state index contributed by atoms with van der Waals surface area (Å²) in [5.74, 6) is -0.287. The Labute approximate surface area is 251 Å². The number of carbonyl (C=O) groups excluding carboxylic acids is 2. The fourth-order valence-corrected chi connectivity index (χ4v) is 4.92. The molecule has 43 heavy (non-hydrogen) atoms. The lowest BCUT2D eigenvalue weighted by atomic mass is 9.99. The second kappa shape index (κ2) is 14.0. The van der Waals surface area contributed by atoms with E-state index in [1.54, 1.807) is 85.7 Å². The highest BCUT2D eigenvalue weighted by molar-refractivity contribution is 6.02. The van der Waals surface area contributed by atoms with Gasteiger partial charge < -0.3 is 35.2 Å². The van der Waals surface area contributed by atoms with Gasteiger partial charge in [-0.1, -0.05) is 19.1 Å². The first-order chi connectivity index (χ1) is 20.6. The van der Waals surface area contributed by atoms with Gasteiger partial charge in [0.25, 0.3) is 5.91 Å². The Kier molecular flexibility index (Phi) is 10.2. The maximum atomic E-state index is 13.7. The Balaban J connectivity index is 1.53. The van der Waals surface area contributed by atoms with E-state index in [1.165, 1.54) is 0 Å². The number of amides is 3. The topological polar surface area (TPSA) is 141 Å². The van der Waals surface area contributed by atoms with Gasteiger partial charge in [-0.15, -0.1) is 0 Å². The molecule has 0 saturated carbocycles. The molecule has 0 bridgehead atoms. The third kappa shape index (κ3) is 8.02. The van der Waals surface area contributed by atoms with Crippen molar-refractivity contribution in [3.63, 3.8) is 0 Å². The van der Waals surface area contributed by atoms with E-state index < -0.39 is 18.0 Å². The molecule has 1 aliphatic heterocycles. The zero-order valence-electron chi connectivity index (χ0n) is 24.7. The van der Waals surface area contributed by atoms with Gasteiger partial charge in [0.15, 0.2) is 0 Å². The lowest BCUT2D eigenvalue weighted by Crippen LogP contribution is -2.49. The Morgan fingerprint density at radius 1 is 1.07 bits per heavy atom. The molecule has 4 N–H and O–H groups in total. The summed E-state index contributed by atoms with van der Waals surface area (Å²) in [6.07, 6.45) is -0.305. The number of fused-ring (bicyclic) bond motifs is 1. The van der Waals surface area contributed by atoms with Crippen molar-refractivity contribution < 1.29 is 34.1 Å². The number of aliphatic hydroxyl groups excluding tert-OH is 1. The average molecular weight is 591 g/mol. The Bertz CT molecular complexity index is 1430. The fraction of sp³-hybridized carbons (Fsp3) is 0.344. The molecule has 1 heterocycles. The number of likely N-dealkylation sites (N-methyl/N-ethyl adjacent to an activating group) is 1. The maximum absolute atomic E-state index is 13.7. The van der Waals surface area contributed by atoms with Crippen LogP contribution in [0, 0.1) is 5.92 Å². The Morgan fingerprint density at radius 3 is 2.35 bits per heavy atom. The highest BCUT2D eigenvalue weighted by Crippen LogP contribution is 2.31. The zero-order valence-corrected chi connectivity index (χ0v) is 24.7. The molecule has 0 aromatic heterocycles. The molecule has 3 aromatic carbocycles. The molecule has 11 nitrogen and oxygen atoms in total. The molecule has 0 saturated heterocycles. The largest absolute Gasteiger partial charge is 0.497 e. The summed E-state index contributed by atoms with van der Waals surface area (Å²) in [5, 5.41) is 24.6. The molecule has 4 rings (SSSR count). The molecular formula is C32H38N4O7. The van der Waals surface area contributed by atoms with E-state index in [-0.39, 0.29) is 35.7 Å². The quantitative estimate of drug-likeness (QED) is 0.273. The number of hydrogen-bond donors (Lipinski definition) is 4. The van der Waals surface area contributed by atoms with Gasteiger partial charge in [-0.25, -0.2) is 9.59 Å². The average Bonchev–Trinajstić information content (AvgIpc) is 2.99. The van der Waals surface area contributed by atoms with Crippen LogP contribution in [0.3, 0.4) is 0 Å². The summed E-state index contributed by atoms with van der Waals surface area (Å²) in [5.41, 5.74) is 2.46. The van der Waals surface area contributed by atoms with Crippen molar-refractivity contribution in [2.75, 3.05) is 44.5 Å². The monoisotopic (exact) mass is 590 g/mol. The van der Waals surface area contributed by atoms with Crippen LogP contribution in [0.15, 0.2) is 66.7 Å². The van der Waals surface area contributed by atoms with Gasteiger partial charge in [-0.3, -0.25) is 9.69 Å². The van der Waals surface area contributed by atoms with Gasteiger partial charge in [0.1, 0.15) is 17.6 Å². The van der Waals surface area contributed by atoms with Crippen LogP contribution < -0.4 is 20.1 Å². The highest BCUT2D eigenvalue weighted by atomic mass is 16.5. The summed E-state index contributed by atoms with van der Waals surface area (Å²) < 4.78 is 11.6. The number of nitrogens with one attached hydrogen (secondary N) is 2. The van der Waals surface area contributed by atoms with Gasteiger partial charge in [0.2, 0.25) is 0 Å². The maximum Gasteiger partial charge on any atom is 0.335 e. The number of aliphatic hydroxyl groups is 1. The smallest absolute Gasteiger partial charge is 0.335 e. The number of methoxy groups -OCH3 is 1. The highest BCUT2D eigenvalue weighted by Gasteiger charge is 2.33. The minimum Gasteiger partial charge on any atom is -0.497 e. The standard InChI is InChI=1S/C32H38N4O7/c1-20-16-36(21(2)19-37)30(38)27-15-25(34-32(41)33-24-9-12-26(42-4)13-10-24)11-14-28(27)43-29(20)18-35(3)17-22-5-7-23(8-6-22)31(39)40/h5-15,20-21,29,37H,16-19H2,1-4H3,(H,39,40)(H2,33,34,41)/t20-,21+,29-/m0/s1. The van der Waals surface area contributed by atoms with Crippen molar-refractivity contribution in [3.05, 3.63) is 83.4 Å². The van der Waals surface area contributed by atoms with E-state index in [4.69, 9.17) is 14.6 Å². The number of hydrogen-bond acceptors (Lipinski definition) is 7. The first kappa shape index (κ1) is 31.3. The van der Waals surface area contributed by atoms with Crippen molar-refractivity contribution in [2.24, 2.45) is 5.92 Å². The van der Waals surface area contributed by atoms with E-state index >= 15 is 0 Å². The normalized spacial score (nSPS) is 17.3. The summed E-state index contributed by atoms with van der Waals surface area (Å²) in [7, 11) is 3.52. The number of urea groups is 1. The molecule has 0 fully saturated rings. The lowest BCUT2D eigenvalue weighted by molar-refractivity contribution is 0.0341. The van der Waals surface area contributed by atoms with Crippen LogP contribution in [0.1, 0.15) is 40.1 Å². The number of anilines is 2. The SMILES string of the molecule is COc1ccc(NC(=O)Nc2ccc3c(c2)C(=O)N([C@H](C)CO)C[C@H](C)[C@H](CN(C)Cc2ccc(C(=O)O)cc2)O3)cc1. The molecular weight excluding hydrogens is 552 g/mol. The minimum absolute atomic E-state index is 0.0731. The number of nitrogens with zero attached hydrogens (tertiary/aromatic N) is 2. The van der Waals surface area contributed by atoms with Crippen LogP contribution in [0.5, 0.6) is 11.5 Å². The Hall–Kier alpha value is -4.61. The summed E-state index contributed by atoms with van der Waals surface area (Å²) in [6.45, 7) is 5.06. The van der Waals surface area contributed by atoms with Crippen LogP contribution in [0.25, 0.3) is 0 Å². The van der Waals surface area contributed by atoms with Crippen molar-refractivity contribution in [3.8, 4) is 11.5 Å². The number of carboxylic acid groups (broad SMARTS) is 1. The number of rotatable bonds is 10. The van der Waals surface area contributed by atoms with E-state index in [2.05, 4.69) is 15.5 Å². The number of carbonyl (C=O) groups is 3. The van der Waals surface area contributed by atoms with Gasteiger partial charge in [-0.05, 0) is 74.1 Å². The fourth-order valence-electron chi connectivity index (χ4n) is 4.92. The number of aromatic carboxylic acids is 1. The summed E-state index contributed by atoms with van der Waals surface area (Å²) in [6, 6.07) is 17.7. The molecule has 228 valence electrons. The predicted molar refractivity (Wildman–Crippen MR) is 163 cm³/mol. The first-order valence-electron chi connectivity index (χ1n) is 14.0. The predicted octanol–water partition coefficient (Wildman–Crippen LogP) is 4.39. The molecule has 11 heteroatoms. The summed E-state index contributed by atoms with van der Waals surface area (Å²) >= 11 is 0. The van der Waals surface area contributed by atoms with Gasteiger partial charge in [0, 0.05) is 36.9 Å². The molecule has 0 spiro atoms. The second-order valence-corrected chi connectivity index (χ2v) is 10.8. The number of carboxylic acids is 1. The van der Waals surface area contributed by atoms with Gasteiger partial charge in [-0.2, -0.15) is 0 Å². The molecule has 3 aromatic rings. The minimum atomic E-state index is -0.970. The second-order valence-electron chi connectivity index (χ2n) is 10.8. The van der Waals surface area contributed by atoms with Gasteiger partial charge in [0.05, 0.1) is 30.9 Å².